The summed E-state index contributed by atoms with van der Waals surface area (Å²) in [6.45, 7) is 15.3. The van der Waals surface area contributed by atoms with Gasteiger partial charge < -0.3 is 20.4 Å². The molecule has 5 aliphatic carbocycles. The van der Waals surface area contributed by atoms with Crippen LogP contribution in [0.25, 0.3) is 0 Å². The lowest BCUT2D eigenvalue weighted by Crippen LogP contribution is -2.68. The second kappa shape index (κ2) is 7.35. The Bertz CT molecular complexity index is 952. The lowest BCUT2D eigenvalue weighted by molar-refractivity contribution is -0.237. The molecule has 198 valence electrons. The molecule has 0 heterocycles. The van der Waals surface area contributed by atoms with Crippen molar-refractivity contribution in [1.82, 2.24) is 0 Å². The van der Waals surface area contributed by atoms with Crippen LogP contribution in [0, 0.1) is 50.7 Å². The van der Waals surface area contributed by atoms with Crippen molar-refractivity contribution in [1.29, 1.82) is 0 Å². The second-order valence-electron chi connectivity index (χ2n) is 14.9. The first-order valence-electron chi connectivity index (χ1n) is 14.0. The van der Waals surface area contributed by atoms with E-state index in [0.717, 1.165) is 32.1 Å². The minimum Gasteiger partial charge on any atom is -0.481 e. The van der Waals surface area contributed by atoms with E-state index in [2.05, 4.69) is 47.6 Å². The van der Waals surface area contributed by atoms with Gasteiger partial charge in [-0.3, -0.25) is 4.79 Å². The van der Waals surface area contributed by atoms with Gasteiger partial charge in [0.05, 0.1) is 23.2 Å². The standard InChI is InChI=1S/C30H48O5/c1-17-10-13-30(24(33)34)15-14-27(5)18(22(30)29(17,7)35)8-9-21-26(4)16-19(31)23(32)25(2,3)20(26)11-12-28(21,27)6/h8,17,19-23,31-32,35H,9-16H2,1-7H3,(H,33,34)/t17-,19-,20?,21-,22-,23-,26+,27-,28-,29-,30+/m1/s1. The molecule has 5 aliphatic rings. The Morgan fingerprint density at radius 2 is 1.60 bits per heavy atom. The summed E-state index contributed by atoms with van der Waals surface area (Å²) in [6, 6.07) is 0. The third kappa shape index (κ3) is 2.90. The summed E-state index contributed by atoms with van der Waals surface area (Å²) in [5.74, 6) is -0.394. The van der Waals surface area contributed by atoms with Gasteiger partial charge in [0.2, 0.25) is 0 Å². The van der Waals surface area contributed by atoms with Crippen LogP contribution in [-0.2, 0) is 4.79 Å². The van der Waals surface area contributed by atoms with E-state index in [1.54, 1.807) is 0 Å². The van der Waals surface area contributed by atoms with Crippen molar-refractivity contribution in [3.8, 4) is 0 Å². The zero-order valence-electron chi connectivity index (χ0n) is 22.9. The summed E-state index contributed by atoms with van der Waals surface area (Å²) in [4.78, 5) is 12.8. The maximum Gasteiger partial charge on any atom is 0.310 e. The molecular weight excluding hydrogens is 440 g/mol. The average molecular weight is 489 g/mol. The highest BCUT2D eigenvalue weighted by molar-refractivity contribution is 5.77. The molecular formula is C30H48O5. The smallest absolute Gasteiger partial charge is 0.310 e. The van der Waals surface area contributed by atoms with E-state index >= 15 is 0 Å². The van der Waals surface area contributed by atoms with Crippen LogP contribution >= 0.6 is 0 Å². The van der Waals surface area contributed by atoms with Crippen LogP contribution in [0.4, 0.5) is 0 Å². The highest BCUT2D eigenvalue weighted by Crippen LogP contribution is 2.76. The van der Waals surface area contributed by atoms with Crippen molar-refractivity contribution in [2.45, 2.75) is 118 Å². The Hall–Kier alpha value is -0.910. The molecule has 4 N–H and O–H groups in total. The molecule has 0 aromatic heterocycles. The molecule has 4 fully saturated rings. The van der Waals surface area contributed by atoms with Crippen molar-refractivity contribution < 1.29 is 25.2 Å². The Labute approximate surface area is 211 Å². The summed E-state index contributed by atoms with van der Waals surface area (Å²) in [5, 5.41) is 44.3. The topological polar surface area (TPSA) is 98.0 Å². The van der Waals surface area contributed by atoms with Gasteiger partial charge in [0.1, 0.15) is 0 Å². The van der Waals surface area contributed by atoms with Gasteiger partial charge in [-0.05, 0) is 97.7 Å². The molecule has 0 aromatic rings. The van der Waals surface area contributed by atoms with E-state index in [0.29, 0.717) is 31.1 Å². The Morgan fingerprint density at radius 1 is 0.943 bits per heavy atom. The number of aliphatic hydroxyl groups is 3. The number of carbonyl (C=O) groups is 1. The number of rotatable bonds is 1. The lowest BCUT2D eigenvalue weighted by atomic mass is 9.33. The highest BCUT2D eigenvalue weighted by atomic mass is 16.4. The fourth-order valence-electron chi connectivity index (χ4n) is 11.0. The largest absolute Gasteiger partial charge is 0.481 e. The number of carboxylic acids is 1. The normalized spacial score (nSPS) is 57.1. The fraction of sp³-hybridized carbons (Fsp3) is 0.900. The van der Waals surface area contributed by atoms with Crippen LogP contribution in [0.2, 0.25) is 0 Å². The molecule has 11 atom stereocenters. The van der Waals surface area contributed by atoms with E-state index in [1.165, 1.54) is 5.57 Å². The SMILES string of the molecule is C[C@@H]1CC[C@]2(C(=O)O)CC[C@]3(C)C(=CC[C@@H]4[C@@]5(C)C[C@@H](O)[C@@H](O)C(C)(C)C5CC[C@]43C)[C@@H]2[C@]1(C)O. The summed E-state index contributed by atoms with van der Waals surface area (Å²) >= 11 is 0. The molecule has 4 saturated carbocycles. The van der Waals surface area contributed by atoms with Crippen molar-refractivity contribution >= 4 is 5.97 Å². The lowest BCUT2D eigenvalue weighted by Gasteiger charge is -2.72. The zero-order chi connectivity index (χ0) is 26.0. The van der Waals surface area contributed by atoms with Crippen LogP contribution in [0.5, 0.6) is 0 Å². The van der Waals surface area contributed by atoms with Crippen LogP contribution < -0.4 is 0 Å². The van der Waals surface area contributed by atoms with Crippen molar-refractivity contribution in [2.24, 2.45) is 50.7 Å². The predicted octanol–water partition coefficient (Wildman–Crippen LogP) is 5.18. The van der Waals surface area contributed by atoms with Gasteiger partial charge in [-0.2, -0.15) is 0 Å². The number of allylic oxidation sites excluding steroid dienone is 1. The number of hydrogen-bond acceptors (Lipinski definition) is 4. The summed E-state index contributed by atoms with van der Waals surface area (Å²) < 4.78 is 0. The van der Waals surface area contributed by atoms with Crippen molar-refractivity contribution in [3.63, 3.8) is 0 Å². The van der Waals surface area contributed by atoms with Gasteiger partial charge in [-0.15, -0.1) is 0 Å². The van der Waals surface area contributed by atoms with E-state index in [-0.39, 0.29) is 33.5 Å². The molecule has 0 aliphatic heterocycles. The van der Waals surface area contributed by atoms with Gasteiger partial charge >= 0.3 is 5.97 Å². The number of carboxylic acid groups (broad SMARTS) is 1. The van der Waals surface area contributed by atoms with Crippen molar-refractivity contribution in [2.75, 3.05) is 0 Å². The molecule has 0 radical (unpaired) electrons. The Morgan fingerprint density at radius 3 is 2.23 bits per heavy atom. The van der Waals surface area contributed by atoms with E-state index in [9.17, 15) is 25.2 Å². The molecule has 5 rings (SSSR count). The van der Waals surface area contributed by atoms with E-state index in [1.807, 2.05) is 6.92 Å². The first kappa shape index (κ1) is 25.7. The maximum atomic E-state index is 12.8. The molecule has 35 heavy (non-hydrogen) atoms. The number of aliphatic hydroxyl groups excluding tert-OH is 2. The summed E-state index contributed by atoms with van der Waals surface area (Å²) in [7, 11) is 0. The molecule has 0 amide bonds. The van der Waals surface area contributed by atoms with Gasteiger partial charge in [0.15, 0.2) is 0 Å². The number of aliphatic carboxylic acids is 1. The molecule has 5 heteroatoms. The predicted molar refractivity (Wildman–Crippen MR) is 135 cm³/mol. The third-order valence-corrected chi connectivity index (χ3v) is 13.4. The van der Waals surface area contributed by atoms with Gasteiger partial charge in [0.25, 0.3) is 0 Å². The van der Waals surface area contributed by atoms with Gasteiger partial charge in [-0.1, -0.05) is 53.2 Å². The summed E-state index contributed by atoms with van der Waals surface area (Å²) in [6.07, 6.45) is 7.21. The molecule has 1 unspecified atom stereocenters. The quantitative estimate of drug-likeness (QED) is 0.382. The first-order chi connectivity index (χ1) is 16.0. The average Bonchev–Trinajstić information content (AvgIpc) is 2.75. The molecule has 0 bridgehead atoms. The van der Waals surface area contributed by atoms with Gasteiger partial charge in [0, 0.05) is 5.92 Å². The highest BCUT2D eigenvalue weighted by Gasteiger charge is 2.71. The minimum atomic E-state index is -1.05. The molecule has 0 saturated heterocycles. The molecule has 0 spiro atoms. The third-order valence-electron chi connectivity index (χ3n) is 13.4. The maximum absolute atomic E-state index is 12.8. The summed E-state index contributed by atoms with van der Waals surface area (Å²) in [5.41, 5.74) is -1.46. The van der Waals surface area contributed by atoms with E-state index in [4.69, 9.17) is 0 Å². The number of fused-ring (bicyclic) bond motifs is 7. The van der Waals surface area contributed by atoms with E-state index < -0.39 is 29.2 Å². The molecule has 0 aromatic carbocycles. The monoisotopic (exact) mass is 488 g/mol. The first-order valence-corrected chi connectivity index (χ1v) is 14.0. The Kier molecular flexibility index (Phi) is 5.40. The minimum absolute atomic E-state index is 0.0535. The zero-order valence-corrected chi connectivity index (χ0v) is 22.9. The van der Waals surface area contributed by atoms with Crippen molar-refractivity contribution in [3.05, 3.63) is 11.6 Å². The van der Waals surface area contributed by atoms with Crippen LogP contribution in [0.15, 0.2) is 11.6 Å². The second-order valence-corrected chi connectivity index (χ2v) is 14.9. The molecule has 5 nitrogen and oxygen atoms in total. The van der Waals surface area contributed by atoms with Crippen LogP contribution in [0.3, 0.4) is 0 Å². The van der Waals surface area contributed by atoms with Crippen LogP contribution in [0.1, 0.15) is 99.8 Å². The van der Waals surface area contributed by atoms with Gasteiger partial charge in [-0.25, -0.2) is 0 Å². The Balaban J connectivity index is 1.65. The number of hydrogen-bond donors (Lipinski definition) is 4. The fourth-order valence-corrected chi connectivity index (χ4v) is 11.0. The van der Waals surface area contributed by atoms with Crippen LogP contribution in [-0.4, -0.2) is 44.2 Å².